The average Bonchev–Trinajstić information content (AvgIpc) is 3.00. The molecule has 0 aromatic carbocycles. The Morgan fingerprint density at radius 1 is 1.52 bits per heavy atom. The summed E-state index contributed by atoms with van der Waals surface area (Å²) in [5, 5.41) is 13.3. The molecule has 0 radical (unpaired) electrons. The van der Waals surface area contributed by atoms with Gasteiger partial charge in [0, 0.05) is 19.0 Å². The highest BCUT2D eigenvalue weighted by molar-refractivity contribution is 5.91. The number of carbonyl (C=O) groups is 1. The fourth-order valence-electron chi connectivity index (χ4n) is 2.90. The van der Waals surface area contributed by atoms with Crippen LogP contribution in [0, 0.1) is 10.1 Å². The zero-order valence-corrected chi connectivity index (χ0v) is 13.4. The van der Waals surface area contributed by atoms with Crippen molar-refractivity contribution < 1.29 is 19.0 Å². The molecule has 2 rings (SSSR count). The summed E-state index contributed by atoms with van der Waals surface area (Å²) in [5.41, 5.74) is 0. The number of hydrogen-bond donors (Lipinski definition) is 2. The molecule has 126 valence electrons. The Morgan fingerprint density at radius 3 is 3.04 bits per heavy atom. The number of amides is 1. The van der Waals surface area contributed by atoms with Crippen molar-refractivity contribution in [3.63, 3.8) is 0 Å². The highest BCUT2D eigenvalue weighted by Gasteiger charge is 2.20. The van der Waals surface area contributed by atoms with Crippen LogP contribution in [0.3, 0.4) is 0 Å². The van der Waals surface area contributed by atoms with Crippen LogP contribution < -0.4 is 10.2 Å². The van der Waals surface area contributed by atoms with E-state index in [1.165, 1.54) is 50.1 Å². The minimum atomic E-state index is -0.610. The number of hydrogen-bond acceptors (Lipinski definition) is 4. The molecule has 1 saturated heterocycles. The van der Waals surface area contributed by atoms with E-state index in [0.717, 1.165) is 13.0 Å². The molecule has 0 bridgehead atoms. The van der Waals surface area contributed by atoms with E-state index in [-0.39, 0.29) is 11.8 Å². The maximum Gasteiger partial charge on any atom is 0.433 e. The van der Waals surface area contributed by atoms with Gasteiger partial charge in [-0.25, -0.2) is 0 Å². The number of furan rings is 1. The van der Waals surface area contributed by atoms with Crippen molar-refractivity contribution in [2.75, 3.05) is 19.6 Å². The minimum absolute atomic E-state index is 0.217. The van der Waals surface area contributed by atoms with Gasteiger partial charge in [-0.15, -0.1) is 0 Å². The summed E-state index contributed by atoms with van der Waals surface area (Å²) in [4.78, 5) is 23.2. The van der Waals surface area contributed by atoms with Crippen LogP contribution in [-0.2, 0) is 4.79 Å². The van der Waals surface area contributed by atoms with Gasteiger partial charge in [0.25, 0.3) is 0 Å². The van der Waals surface area contributed by atoms with E-state index >= 15 is 0 Å². The van der Waals surface area contributed by atoms with Crippen molar-refractivity contribution >= 4 is 17.9 Å². The summed E-state index contributed by atoms with van der Waals surface area (Å²) < 4.78 is 4.94. The monoisotopic (exact) mass is 322 g/mol. The first-order valence-electron chi connectivity index (χ1n) is 8.11. The van der Waals surface area contributed by atoms with Crippen LogP contribution in [0.2, 0.25) is 0 Å². The predicted octanol–water partition coefficient (Wildman–Crippen LogP) is 1.16. The van der Waals surface area contributed by atoms with Gasteiger partial charge in [-0.05, 0) is 38.3 Å². The molecular formula is C16H24N3O4+. The average molecular weight is 322 g/mol. The van der Waals surface area contributed by atoms with Crippen LogP contribution >= 0.6 is 0 Å². The standard InChI is InChI=1S/C16H23N3O4/c1-13-5-2-3-11-18(13)12-4-10-17-15(20)8-6-14-7-9-16(23-14)19(21)22/h6-9,13H,2-5,10-12H2,1H3,(H,17,20)/p+1/b8-6+/t13-/m0/s1. The largest absolute Gasteiger partial charge is 0.433 e. The fraction of sp³-hybridized carbons (Fsp3) is 0.562. The summed E-state index contributed by atoms with van der Waals surface area (Å²) in [6.45, 7) is 5.23. The van der Waals surface area contributed by atoms with Gasteiger partial charge in [-0.2, -0.15) is 0 Å². The molecule has 0 saturated carbocycles. The second kappa shape index (κ2) is 8.47. The summed E-state index contributed by atoms with van der Waals surface area (Å²) in [6, 6.07) is 3.44. The predicted molar refractivity (Wildman–Crippen MR) is 86.0 cm³/mol. The lowest BCUT2D eigenvalue weighted by atomic mass is 10.0. The quantitative estimate of drug-likeness (QED) is 0.341. The van der Waals surface area contributed by atoms with Gasteiger partial charge in [-0.3, -0.25) is 14.9 Å². The first kappa shape index (κ1) is 17.2. The summed E-state index contributed by atoms with van der Waals surface area (Å²) >= 11 is 0. The van der Waals surface area contributed by atoms with Crippen LogP contribution in [0.1, 0.15) is 38.4 Å². The van der Waals surface area contributed by atoms with Gasteiger partial charge in [0.15, 0.2) is 0 Å². The van der Waals surface area contributed by atoms with E-state index in [2.05, 4.69) is 12.2 Å². The lowest BCUT2D eigenvalue weighted by molar-refractivity contribution is -0.928. The highest BCUT2D eigenvalue weighted by Crippen LogP contribution is 2.16. The molecule has 1 aromatic heterocycles. The number of quaternary nitrogens is 1. The lowest BCUT2D eigenvalue weighted by Crippen LogP contribution is -3.16. The molecule has 2 heterocycles. The third kappa shape index (κ3) is 5.52. The molecule has 1 aliphatic rings. The Bertz CT molecular complexity index is 567. The van der Waals surface area contributed by atoms with E-state index in [1.54, 1.807) is 4.90 Å². The smallest absolute Gasteiger partial charge is 0.401 e. The summed E-state index contributed by atoms with van der Waals surface area (Å²) in [7, 11) is 0. The van der Waals surface area contributed by atoms with Crippen molar-refractivity contribution in [2.45, 2.75) is 38.6 Å². The van der Waals surface area contributed by atoms with Crippen LogP contribution in [0.4, 0.5) is 5.88 Å². The molecule has 2 N–H and O–H groups in total. The van der Waals surface area contributed by atoms with Gasteiger partial charge >= 0.3 is 5.88 Å². The summed E-state index contributed by atoms with van der Waals surface area (Å²) in [6.07, 6.45) is 7.63. The first-order valence-corrected chi connectivity index (χ1v) is 8.11. The van der Waals surface area contributed by atoms with Crippen LogP contribution in [0.15, 0.2) is 22.6 Å². The van der Waals surface area contributed by atoms with Crippen molar-refractivity contribution in [1.82, 2.24) is 5.32 Å². The molecule has 1 fully saturated rings. The Balaban J connectivity index is 1.66. The highest BCUT2D eigenvalue weighted by atomic mass is 16.6. The van der Waals surface area contributed by atoms with Crippen molar-refractivity contribution in [1.29, 1.82) is 0 Å². The minimum Gasteiger partial charge on any atom is -0.401 e. The molecule has 2 atom stereocenters. The van der Waals surface area contributed by atoms with Crippen molar-refractivity contribution in [3.05, 3.63) is 34.1 Å². The molecule has 0 aliphatic carbocycles. The maximum absolute atomic E-state index is 11.7. The van der Waals surface area contributed by atoms with Crippen LogP contribution in [0.5, 0.6) is 0 Å². The van der Waals surface area contributed by atoms with Crippen molar-refractivity contribution in [3.8, 4) is 0 Å². The third-order valence-electron chi connectivity index (χ3n) is 4.25. The molecule has 7 nitrogen and oxygen atoms in total. The molecule has 7 heteroatoms. The van der Waals surface area contributed by atoms with E-state index in [9.17, 15) is 14.9 Å². The number of carbonyl (C=O) groups excluding carboxylic acids is 1. The first-order chi connectivity index (χ1) is 11.1. The molecule has 1 unspecified atom stereocenters. The number of nitrogens with zero attached hydrogens (tertiary/aromatic N) is 1. The topological polar surface area (TPSA) is 89.8 Å². The zero-order chi connectivity index (χ0) is 16.7. The van der Waals surface area contributed by atoms with E-state index < -0.39 is 4.92 Å². The third-order valence-corrected chi connectivity index (χ3v) is 4.25. The van der Waals surface area contributed by atoms with Gasteiger partial charge < -0.3 is 14.6 Å². The number of piperidine rings is 1. The molecule has 1 aromatic rings. The lowest BCUT2D eigenvalue weighted by Gasteiger charge is -2.30. The van der Waals surface area contributed by atoms with E-state index in [4.69, 9.17) is 4.42 Å². The summed E-state index contributed by atoms with van der Waals surface area (Å²) in [5.74, 6) is -0.257. The molecular weight excluding hydrogens is 298 g/mol. The number of rotatable bonds is 7. The normalized spacial score (nSPS) is 21.4. The number of likely N-dealkylation sites (tertiary alicyclic amines) is 1. The van der Waals surface area contributed by atoms with Gasteiger partial charge in [-0.1, -0.05) is 0 Å². The Kier molecular flexibility index (Phi) is 6.34. The molecule has 1 amide bonds. The Labute approximate surface area is 135 Å². The maximum atomic E-state index is 11.7. The van der Waals surface area contributed by atoms with Gasteiger partial charge in [0.2, 0.25) is 5.91 Å². The van der Waals surface area contributed by atoms with E-state index in [0.29, 0.717) is 18.3 Å². The van der Waals surface area contributed by atoms with Crippen LogP contribution in [0.25, 0.3) is 6.08 Å². The second-order valence-electron chi connectivity index (χ2n) is 5.97. The fourth-order valence-corrected chi connectivity index (χ4v) is 2.90. The second-order valence-corrected chi connectivity index (χ2v) is 5.97. The molecule has 23 heavy (non-hydrogen) atoms. The molecule has 1 aliphatic heterocycles. The van der Waals surface area contributed by atoms with E-state index in [1.807, 2.05) is 0 Å². The zero-order valence-electron chi connectivity index (χ0n) is 13.4. The number of nitro groups is 1. The Morgan fingerprint density at radius 2 is 2.35 bits per heavy atom. The van der Waals surface area contributed by atoms with Crippen LogP contribution in [-0.4, -0.2) is 36.5 Å². The van der Waals surface area contributed by atoms with Crippen molar-refractivity contribution in [2.24, 2.45) is 0 Å². The Hall–Kier alpha value is -2.15. The van der Waals surface area contributed by atoms with Gasteiger partial charge in [0.05, 0.1) is 25.2 Å². The number of nitrogens with one attached hydrogen (secondary N) is 2. The van der Waals surface area contributed by atoms with Gasteiger partial charge in [0.1, 0.15) is 10.7 Å². The molecule has 0 spiro atoms. The SMILES string of the molecule is C[C@H]1CCCC[NH+]1CCCNC(=O)/C=C/c1ccc([N+](=O)[O-])o1.